The van der Waals surface area contributed by atoms with Crippen molar-refractivity contribution in [3.05, 3.63) is 12.5 Å². The fourth-order valence-corrected chi connectivity index (χ4v) is 2.53. The number of rotatable bonds is 2. The van der Waals surface area contributed by atoms with Crippen LogP contribution in [0.25, 0.3) is 11.2 Å². The lowest BCUT2D eigenvalue weighted by atomic mass is 9.97. The van der Waals surface area contributed by atoms with Crippen LogP contribution in [0.3, 0.4) is 0 Å². The maximum Gasteiger partial charge on any atom is 0.244 e. The van der Waals surface area contributed by atoms with Gasteiger partial charge >= 0.3 is 0 Å². The zero-order valence-corrected chi connectivity index (χ0v) is 13.8. The second-order valence-corrected chi connectivity index (χ2v) is 4.92. The number of anilines is 1. The van der Waals surface area contributed by atoms with Crippen LogP contribution in [0.5, 0.6) is 0 Å². The number of fused-ring (bicyclic) bond motifs is 1. The molecule has 2 aromatic heterocycles. The molecule has 3 heterocycles. The highest BCUT2D eigenvalue weighted by molar-refractivity contribution is 6.30. The van der Waals surface area contributed by atoms with Crippen molar-refractivity contribution in [2.75, 3.05) is 12.3 Å². The standard InChI is InChI=1S/C12H11ClFN5O3.C2H6/c13-2-1-12(14)8(21)7(4-20)22-10(12)19-5-17-6-3-16-11(15)18-9(6)19;1-2/h3,5,7-8,10,20-21H,4H2,(H2,15,16,18);1-2H3. The van der Waals surface area contributed by atoms with E-state index in [-0.39, 0.29) is 11.6 Å². The third kappa shape index (κ3) is 2.89. The van der Waals surface area contributed by atoms with Gasteiger partial charge in [-0.1, -0.05) is 13.8 Å². The van der Waals surface area contributed by atoms with Gasteiger partial charge in [0.2, 0.25) is 11.6 Å². The molecule has 130 valence electrons. The summed E-state index contributed by atoms with van der Waals surface area (Å²) in [4.78, 5) is 11.8. The summed E-state index contributed by atoms with van der Waals surface area (Å²) in [6, 6.07) is 0. The maximum atomic E-state index is 15.1. The molecule has 0 saturated carbocycles. The fourth-order valence-electron chi connectivity index (χ4n) is 2.39. The average molecular weight is 358 g/mol. The molecule has 10 heteroatoms. The van der Waals surface area contributed by atoms with Crippen molar-refractivity contribution in [3.8, 4) is 11.3 Å². The SMILES string of the molecule is CC.Nc1ncc2ncn(C3OC(CO)C(O)C3(F)C#CCl)c2n1. The monoisotopic (exact) mass is 357 g/mol. The van der Waals surface area contributed by atoms with Gasteiger partial charge < -0.3 is 20.7 Å². The molecule has 1 aliphatic rings. The molecular formula is C14H17ClFN5O3. The predicted octanol–water partition coefficient (Wildman–Crippen LogP) is 0.593. The first-order valence-corrected chi connectivity index (χ1v) is 7.60. The zero-order chi connectivity index (χ0) is 17.9. The number of halogens is 2. The van der Waals surface area contributed by atoms with Crippen LogP contribution in [0.15, 0.2) is 12.5 Å². The van der Waals surface area contributed by atoms with Crippen molar-refractivity contribution in [2.24, 2.45) is 0 Å². The van der Waals surface area contributed by atoms with Gasteiger partial charge in [-0.3, -0.25) is 4.57 Å². The Kier molecular flexibility index (Phi) is 5.56. The van der Waals surface area contributed by atoms with E-state index < -0.39 is 30.7 Å². The molecule has 0 bridgehead atoms. The van der Waals surface area contributed by atoms with Gasteiger partial charge in [-0.25, -0.2) is 14.4 Å². The summed E-state index contributed by atoms with van der Waals surface area (Å²) in [7, 11) is 0. The smallest absolute Gasteiger partial charge is 0.244 e. The van der Waals surface area contributed by atoms with Gasteiger partial charge in [0.15, 0.2) is 11.9 Å². The van der Waals surface area contributed by atoms with E-state index in [1.165, 1.54) is 17.1 Å². The van der Waals surface area contributed by atoms with Crippen LogP contribution in [0.1, 0.15) is 20.1 Å². The number of imidazole rings is 1. The molecule has 0 aromatic carbocycles. The highest BCUT2D eigenvalue weighted by Gasteiger charge is 2.58. The number of hydrogen-bond donors (Lipinski definition) is 3. The first kappa shape index (κ1) is 18.4. The van der Waals surface area contributed by atoms with E-state index in [4.69, 9.17) is 22.1 Å². The van der Waals surface area contributed by atoms with Crippen molar-refractivity contribution < 1.29 is 19.3 Å². The number of aromatic nitrogens is 4. The van der Waals surface area contributed by atoms with E-state index in [1.54, 1.807) is 0 Å². The van der Waals surface area contributed by atoms with E-state index in [0.717, 1.165) is 0 Å². The van der Waals surface area contributed by atoms with E-state index in [0.29, 0.717) is 5.52 Å². The van der Waals surface area contributed by atoms with Crippen LogP contribution in [0.4, 0.5) is 10.3 Å². The molecule has 0 amide bonds. The topological polar surface area (TPSA) is 119 Å². The molecule has 0 spiro atoms. The Balaban J connectivity index is 0.00000100. The quantitative estimate of drug-likeness (QED) is 0.673. The Labute approximate surface area is 142 Å². The highest BCUT2D eigenvalue weighted by atomic mass is 35.5. The minimum absolute atomic E-state index is 0.0283. The van der Waals surface area contributed by atoms with Gasteiger partial charge in [-0.15, -0.1) is 0 Å². The third-order valence-corrected chi connectivity index (χ3v) is 3.55. The van der Waals surface area contributed by atoms with Gasteiger partial charge in [0.05, 0.1) is 19.1 Å². The van der Waals surface area contributed by atoms with E-state index in [1.807, 2.05) is 19.2 Å². The molecule has 0 aliphatic carbocycles. The molecule has 1 aliphatic heterocycles. The Morgan fingerprint density at radius 3 is 2.83 bits per heavy atom. The molecular weight excluding hydrogens is 341 g/mol. The first-order valence-electron chi connectivity index (χ1n) is 7.22. The van der Waals surface area contributed by atoms with Gasteiger partial charge in [-0.2, -0.15) is 4.98 Å². The van der Waals surface area contributed by atoms with Crippen LogP contribution in [-0.2, 0) is 4.74 Å². The van der Waals surface area contributed by atoms with Crippen LogP contribution >= 0.6 is 11.6 Å². The van der Waals surface area contributed by atoms with Gasteiger partial charge in [0.1, 0.15) is 17.7 Å². The van der Waals surface area contributed by atoms with Crippen molar-refractivity contribution in [2.45, 2.75) is 38.0 Å². The first-order chi connectivity index (χ1) is 11.5. The van der Waals surface area contributed by atoms with Crippen molar-refractivity contribution in [1.82, 2.24) is 19.5 Å². The summed E-state index contributed by atoms with van der Waals surface area (Å²) in [5.41, 5.74) is 3.55. The zero-order valence-electron chi connectivity index (χ0n) is 13.0. The Morgan fingerprint density at radius 2 is 2.21 bits per heavy atom. The van der Waals surface area contributed by atoms with Gasteiger partial charge in [0.25, 0.3) is 0 Å². The van der Waals surface area contributed by atoms with Crippen molar-refractivity contribution in [3.63, 3.8) is 0 Å². The van der Waals surface area contributed by atoms with Crippen molar-refractivity contribution >= 4 is 28.7 Å². The number of nitrogens with zero attached hydrogens (tertiary/aromatic N) is 4. The molecule has 8 nitrogen and oxygen atoms in total. The lowest BCUT2D eigenvalue weighted by Crippen LogP contribution is -2.42. The van der Waals surface area contributed by atoms with Crippen LogP contribution in [0.2, 0.25) is 0 Å². The molecule has 1 saturated heterocycles. The number of nitrogens with two attached hydrogens (primary N) is 1. The number of hydrogen-bond acceptors (Lipinski definition) is 7. The summed E-state index contributed by atoms with van der Waals surface area (Å²) in [5, 5.41) is 21.1. The van der Waals surface area contributed by atoms with Crippen molar-refractivity contribution in [1.29, 1.82) is 0 Å². The number of aliphatic hydroxyl groups is 2. The molecule has 4 atom stereocenters. The van der Waals surface area contributed by atoms with Gasteiger partial charge in [0, 0.05) is 5.38 Å². The molecule has 2 aromatic rings. The second kappa shape index (κ2) is 7.27. The summed E-state index contributed by atoms with van der Waals surface area (Å²) in [6.07, 6.45) is -1.61. The molecule has 4 N–H and O–H groups in total. The fraction of sp³-hybridized carbons (Fsp3) is 0.500. The van der Waals surface area contributed by atoms with Crippen LogP contribution < -0.4 is 5.73 Å². The number of ether oxygens (including phenoxy) is 1. The average Bonchev–Trinajstić information content (AvgIpc) is 3.09. The molecule has 24 heavy (non-hydrogen) atoms. The second-order valence-electron chi connectivity index (χ2n) is 4.73. The van der Waals surface area contributed by atoms with Crippen LogP contribution in [0, 0.1) is 11.3 Å². The lowest BCUT2D eigenvalue weighted by Gasteiger charge is -2.23. The minimum Gasteiger partial charge on any atom is -0.394 e. The minimum atomic E-state index is -2.54. The summed E-state index contributed by atoms with van der Waals surface area (Å²) < 4.78 is 21.7. The Hall–Kier alpha value is -1.99. The van der Waals surface area contributed by atoms with E-state index in [9.17, 15) is 10.2 Å². The van der Waals surface area contributed by atoms with Crippen LogP contribution in [-0.4, -0.2) is 54.2 Å². The molecule has 3 rings (SSSR count). The molecule has 1 fully saturated rings. The number of nitrogen functional groups attached to an aromatic ring is 1. The largest absolute Gasteiger partial charge is 0.394 e. The summed E-state index contributed by atoms with van der Waals surface area (Å²) in [6.45, 7) is 3.41. The number of alkyl halides is 1. The lowest BCUT2D eigenvalue weighted by molar-refractivity contribution is -0.0504. The Bertz CT molecular complexity index is 777. The highest BCUT2D eigenvalue weighted by Crippen LogP contribution is 2.42. The van der Waals surface area contributed by atoms with E-state index >= 15 is 4.39 Å². The third-order valence-electron chi connectivity index (χ3n) is 3.45. The molecule has 0 radical (unpaired) electrons. The normalized spacial score (nSPS) is 28.8. The van der Waals surface area contributed by atoms with E-state index in [2.05, 4.69) is 20.9 Å². The summed E-state index contributed by atoms with van der Waals surface area (Å²) in [5.74, 6) is 2.06. The maximum absolute atomic E-state index is 15.1. The number of aliphatic hydroxyl groups excluding tert-OH is 2. The Morgan fingerprint density at radius 1 is 1.50 bits per heavy atom. The summed E-state index contributed by atoms with van der Waals surface area (Å²) >= 11 is 5.30. The van der Waals surface area contributed by atoms with Gasteiger partial charge in [-0.05, 0) is 17.5 Å². The molecule has 4 unspecified atom stereocenters. The predicted molar refractivity (Wildman–Crippen MR) is 85.6 cm³/mol.